The number of carbonyl (C=O) groups is 1. The molecule has 152 valence electrons. The Balaban J connectivity index is 1.69. The van der Waals surface area contributed by atoms with Gasteiger partial charge in [0.15, 0.2) is 5.82 Å². The summed E-state index contributed by atoms with van der Waals surface area (Å²) in [6, 6.07) is 8.44. The summed E-state index contributed by atoms with van der Waals surface area (Å²) < 4.78 is 5.42. The van der Waals surface area contributed by atoms with Crippen LogP contribution in [0.25, 0.3) is 10.2 Å². The first-order chi connectivity index (χ1) is 14.0. The van der Waals surface area contributed by atoms with E-state index in [0.29, 0.717) is 12.4 Å². The monoisotopic (exact) mass is 411 g/mol. The van der Waals surface area contributed by atoms with Crippen molar-refractivity contribution in [3.8, 4) is 0 Å². The van der Waals surface area contributed by atoms with Gasteiger partial charge in [0.05, 0.1) is 5.39 Å². The van der Waals surface area contributed by atoms with Crippen molar-refractivity contribution < 1.29 is 14.6 Å². The number of nitrogens with one attached hydrogen (secondary N) is 1. The predicted molar refractivity (Wildman–Crippen MR) is 115 cm³/mol. The number of rotatable bonds is 7. The average Bonchev–Trinajstić information content (AvgIpc) is 3.10. The number of ether oxygens (including phenoxy) is 1. The second-order valence-electron chi connectivity index (χ2n) is 7.51. The van der Waals surface area contributed by atoms with Crippen LogP contribution in [0, 0.1) is 6.92 Å². The van der Waals surface area contributed by atoms with Gasteiger partial charge in [-0.25, -0.2) is 14.8 Å². The summed E-state index contributed by atoms with van der Waals surface area (Å²) in [5.74, 6) is 0.335. The van der Waals surface area contributed by atoms with Gasteiger partial charge in [-0.05, 0) is 50.7 Å². The van der Waals surface area contributed by atoms with Gasteiger partial charge in [-0.2, -0.15) is 0 Å². The zero-order valence-electron chi connectivity index (χ0n) is 16.7. The Labute approximate surface area is 174 Å². The van der Waals surface area contributed by atoms with Crippen LogP contribution in [0.3, 0.4) is 0 Å². The number of thiophene rings is 1. The first kappa shape index (κ1) is 19.8. The van der Waals surface area contributed by atoms with Gasteiger partial charge < -0.3 is 15.2 Å². The third-order valence-corrected chi connectivity index (χ3v) is 6.42. The lowest BCUT2D eigenvalue weighted by Gasteiger charge is -2.15. The number of benzene rings is 1. The Morgan fingerprint density at radius 1 is 1.24 bits per heavy atom. The maximum atomic E-state index is 10.9. The number of aliphatic carboxylic acids is 1. The van der Waals surface area contributed by atoms with Crippen LogP contribution in [-0.4, -0.2) is 27.7 Å². The average molecular weight is 412 g/mol. The molecule has 1 unspecified atom stereocenters. The molecule has 0 aliphatic heterocycles. The minimum atomic E-state index is -0.998. The smallest absolute Gasteiger partial charge is 0.329 e. The highest BCUT2D eigenvalue weighted by molar-refractivity contribution is 7.19. The van der Waals surface area contributed by atoms with E-state index in [-0.39, 0.29) is 6.61 Å². The third-order valence-electron chi connectivity index (χ3n) is 5.23. The molecule has 1 atom stereocenters. The molecule has 6 nitrogen and oxygen atoms in total. The van der Waals surface area contributed by atoms with Crippen LogP contribution in [0.15, 0.2) is 24.3 Å². The van der Waals surface area contributed by atoms with Crippen LogP contribution in [0.2, 0.25) is 0 Å². The highest BCUT2D eigenvalue weighted by Crippen LogP contribution is 2.39. The van der Waals surface area contributed by atoms with Crippen molar-refractivity contribution in [1.82, 2.24) is 9.97 Å². The fraction of sp³-hybridized carbons (Fsp3) is 0.409. The van der Waals surface area contributed by atoms with Crippen molar-refractivity contribution in [2.24, 2.45) is 0 Å². The number of anilines is 1. The molecule has 4 rings (SSSR count). The first-order valence-electron chi connectivity index (χ1n) is 9.96. The molecule has 0 saturated carbocycles. The fourth-order valence-corrected chi connectivity index (χ4v) is 4.91. The van der Waals surface area contributed by atoms with E-state index in [9.17, 15) is 4.79 Å². The topological polar surface area (TPSA) is 84.3 Å². The molecule has 0 bridgehead atoms. The molecule has 0 radical (unpaired) electrons. The minimum absolute atomic E-state index is 0.365. The maximum Gasteiger partial charge on any atom is 0.329 e. The standard InChI is InChI=1S/C22H25N3O3S/c1-13-7-9-15(10-8-13)11-23-21-19-16-5-3-4-6-17(16)29-22(19)25-20(24-21)14(2)28-12-18(26)27/h7-10,14H,3-6,11-12H2,1-2H3,(H,26,27)(H,23,24,25). The van der Waals surface area contributed by atoms with E-state index in [1.165, 1.54) is 34.4 Å². The zero-order chi connectivity index (χ0) is 20.4. The lowest BCUT2D eigenvalue weighted by atomic mass is 9.97. The molecule has 0 fully saturated rings. The number of fused-ring (bicyclic) bond motifs is 3. The van der Waals surface area contributed by atoms with Crippen molar-refractivity contribution in [3.05, 3.63) is 51.7 Å². The van der Waals surface area contributed by atoms with Crippen molar-refractivity contribution in [2.45, 2.75) is 52.2 Å². The molecule has 2 aromatic heterocycles. The quantitative estimate of drug-likeness (QED) is 0.589. The summed E-state index contributed by atoms with van der Waals surface area (Å²) in [5, 5.41) is 13.5. The molecule has 29 heavy (non-hydrogen) atoms. The second kappa shape index (κ2) is 8.47. The highest BCUT2D eigenvalue weighted by Gasteiger charge is 2.23. The van der Waals surface area contributed by atoms with Crippen LogP contribution in [-0.2, 0) is 28.9 Å². The normalized spacial score (nSPS) is 14.6. The van der Waals surface area contributed by atoms with Crippen LogP contribution in [0.4, 0.5) is 5.82 Å². The molecule has 2 heterocycles. The molecular formula is C22H25N3O3S. The highest BCUT2D eigenvalue weighted by atomic mass is 32.1. The van der Waals surface area contributed by atoms with Crippen molar-refractivity contribution in [2.75, 3.05) is 11.9 Å². The molecule has 0 amide bonds. The van der Waals surface area contributed by atoms with Crippen LogP contribution < -0.4 is 5.32 Å². The number of carboxylic acids is 1. The predicted octanol–water partition coefficient (Wildman–Crippen LogP) is 4.65. The van der Waals surface area contributed by atoms with Gasteiger partial charge >= 0.3 is 5.97 Å². The number of carboxylic acid groups (broad SMARTS) is 1. The van der Waals surface area contributed by atoms with Crippen LogP contribution >= 0.6 is 11.3 Å². The first-order valence-corrected chi connectivity index (χ1v) is 10.8. The summed E-state index contributed by atoms with van der Waals surface area (Å²) >= 11 is 1.73. The number of aromatic nitrogens is 2. The van der Waals surface area contributed by atoms with Gasteiger partial charge in [-0.15, -0.1) is 11.3 Å². The maximum absolute atomic E-state index is 10.9. The molecule has 0 saturated heterocycles. The van der Waals surface area contributed by atoms with Crippen molar-refractivity contribution in [3.63, 3.8) is 0 Å². The molecule has 3 aromatic rings. The number of hydrogen-bond donors (Lipinski definition) is 2. The Kier molecular flexibility index (Phi) is 5.78. The lowest BCUT2D eigenvalue weighted by molar-refractivity contribution is -0.144. The molecule has 2 N–H and O–H groups in total. The van der Waals surface area contributed by atoms with E-state index in [2.05, 4.69) is 36.5 Å². The Morgan fingerprint density at radius 3 is 2.76 bits per heavy atom. The van der Waals surface area contributed by atoms with Gasteiger partial charge in [0.2, 0.25) is 0 Å². The van der Waals surface area contributed by atoms with Crippen LogP contribution in [0.1, 0.15) is 53.3 Å². The molecule has 1 aliphatic carbocycles. The molecular weight excluding hydrogens is 386 g/mol. The van der Waals surface area contributed by atoms with E-state index >= 15 is 0 Å². The molecule has 1 aromatic carbocycles. The minimum Gasteiger partial charge on any atom is -0.480 e. The van der Waals surface area contributed by atoms with E-state index < -0.39 is 12.1 Å². The van der Waals surface area contributed by atoms with Gasteiger partial charge in [-0.3, -0.25) is 0 Å². The van der Waals surface area contributed by atoms with Gasteiger partial charge in [0, 0.05) is 11.4 Å². The van der Waals surface area contributed by atoms with E-state index in [1.807, 2.05) is 0 Å². The van der Waals surface area contributed by atoms with Gasteiger partial charge in [-0.1, -0.05) is 29.8 Å². The van der Waals surface area contributed by atoms with E-state index in [0.717, 1.165) is 28.9 Å². The zero-order valence-corrected chi connectivity index (χ0v) is 17.5. The lowest BCUT2D eigenvalue weighted by Crippen LogP contribution is -2.13. The number of hydrogen-bond acceptors (Lipinski definition) is 6. The van der Waals surface area contributed by atoms with Gasteiger partial charge in [0.25, 0.3) is 0 Å². The summed E-state index contributed by atoms with van der Waals surface area (Å²) in [5.41, 5.74) is 3.79. The van der Waals surface area contributed by atoms with Crippen LogP contribution in [0.5, 0.6) is 0 Å². The number of aryl methyl sites for hydroxylation is 3. The van der Waals surface area contributed by atoms with E-state index in [1.54, 1.807) is 18.3 Å². The molecule has 7 heteroatoms. The fourth-order valence-electron chi connectivity index (χ4n) is 3.65. The largest absolute Gasteiger partial charge is 0.480 e. The summed E-state index contributed by atoms with van der Waals surface area (Å²) in [4.78, 5) is 22.7. The second-order valence-corrected chi connectivity index (χ2v) is 8.59. The Morgan fingerprint density at radius 2 is 2.00 bits per heavy atom. The molecule has 0 spiro atoms. The summed E-state index contributed by atoms with van der Waals surface area (Å²) in [7, 11) is 0. The van der Waals surface area contributed by atoms with Crippen molar-refractivity contribution in [1.29, 1.82) is 0 Å². The summed E-state index contributed by atoms with van der Waals surface area (Å²) in [6.45, 7) is 4.17. The SMILES string of the molecule is Cc1ccc(CNc2nc(C(C)OCC(=O)O)nc3sc4c(c23)CCCC4)cc1. The van der Waals surface area contributed by atoms with E-state index in [4.69, 9.17) is 19.8 Å². The molecule has 1 aliphatic rings. The Hall–Kier alpha value is -2.51. The van der Waals surface area contributed by atoms with Crippen molar-refractivity contribution >= 4 is 33.3 Å². The summed E-state index contributed by atoms with van der Waals surface area (Å²) in [6.07, 6.45) is 4.06. The third kappa shape index (κ3) is 4.41. The Bertz CT molecular complexity index is 1030. The van der Waals surface area contributed by atoms with Gasteiger partial charge in [0.1, 0.15) is 23.4 Å². The number of nitrogens with zero attached hydrogens (tertiary/aromatic N) is 2.